The molecule has 1 heterocycles. The molecule has 2 rings (SSSR count). The predicted molar refractivity (Wildman–Crippen MR) is 84.8 cm³/mol. The molecule has 4 heteroatoms. The van der Waals surface area contributed by atoms with Crippen LogP contribution in [0.15, 0.2) is 30.6 Å². The molecule has 0 aliphatic heterocycles. The van der Waals surface area contributed by atoms with Crippen LogP contribution in [0.5, 0.6) is 0 Å². The largest absolute Gasteiger partial charge is 0.370 e. The van der Waals surface area contributed by atoms with E-state index < -0.39 is 0 Å². The van der Waals surface area contributed by atoms with E-state index in [-0.39, 0.29) is 0 Å². The Kier molecular flexibility index (Phi) is 4.56. The van der Waals surface area contributed by atoms with Crippen LogP contribution < -0.4 is 10.2 Å². The lowest BCUT2D eigenvalue weighted by molar-refractivity contribution is 0.954. The fourth-order valence-electron chi connectivity index (χ4n) is 2.36. The van der Waals surface area contributed by atoms with Crippen LogP contribution in [0.1, 0.15) is 25.0 Å². The Morgan fingerprint density at radius 1 is 1.10 bits per heavy atom. The van der Waals surface area contributed by atoms with Crippen LogP contribution in [-0.4, -0.2) is 23.1 Å². The van der Waals surface area contributed by atoms with Gasteiger partial charge in [-0.2, -0.15) is 0 Å². The lowest BCUT2D eigenvalue weighted by atomic mass is 10.1. The number of hydrogen-bond donors (Lipinski definition) is 1. The maximum atomic E-state index is 4.48. The van der Waals surface area contributed by atoms with Gasteiger partial charge in [-0.1, -0.05) is 18.2 Å². The van der Waals surface area contributed by atoms with Gasteiger partial charge in [-0.15, -0.1) is 0 Å². The van der Waals surface area contributed by atoms with E-state index in [0.29, 0.717) is 0 Å². The minimum atomic E-state index is 0.855. The monoisotopic (exact) mass is 270 g/mol. The van der Waals surface area contributed by atoms with E-state index in [9.17, 15) is 0 Å². The van der Waals surface area contributed by atoms with Gasteiger partial charge < -0.3 is 10.2 Å². The van der Waals surface area contributed by atoms with Crippen LogP contribution in [-0.2, 0) is 0 Å². The third kappa shape index (κ3) is 2.74. The average Bonchev–Trinajstić information content (AvgIpc) is 2.45. The van der Waals surface area contributed by atoms with Gasteiger partial charge >= 0.3 is 0 Å². The zero-order valence-corrected chi connectivity index (χ0v) is 12.6. The molecular formula is C16H22N4. The first-order valence-electron chi connectivity index (χ1n) is 7.07. The van der Waals surface area contributed by atoms with Crippen molar-refractivity contribution >= 4 is 17.3 Å². The Morgan fingerprint density at radius 2 is 1.85 bits per heavy atom. The van der Waals surface area contributed by atoms with Crippen LogP contribution in [0.3, 0.4) is 0 Å². The third-order valence-corrected chi connectivity index (χ3v) is 3.38. The smallest absolute Gasteiger partial charge is 0.141 e. The lowest BCUT2D eigenvalue weighted by Crippen LogP contribution is -2.20. The summed E-state index contributed by atoms with van der Waals surface area (Å²) in [5.74, 6) is 1.87. The molecule has 1 N–H and O–H groups in total. The molecule has 0 saturated carbocycles. The van der Waals surface area contributed by atoms with Gasteiger partial charge in [-0.05, 0) is 39.3 Å². The summed E-state index contributed by atoms with van der Waals surface area (Å²) in [6.45, 7) is 10.1. The van der Waals surface area contributed by atoms with Crippen molar-refractivity contribution in [3.63, 3.8) is 0 Å². The number of benzene rings is 1. The maximum Gasteiger partial charge on any atom is 0.141 e. The highest BCUT2D eigenvalue weighted by atomic mass is 15.2. The van der Waals surface area contributed by atoms with Gasteiger partial charge in [-0.3, -0.25) is 0 Å². The predicted octanol–water partition coefficient (Wildman–Crippen LogP) is 3.68. The van der Waals surface area contributed by atoms with Crippen LogP contribution in [0, 0.1) is 13.8 Å². The van der Waals surface area contributed by atoms with E-state index in [2.05, 4.69) is 72.1 Å². The molecule has 0 saturated heterocycles. The Labute approximate surface area is 120 Å². The van der Waals surface area contributed by atoms with Crippen molar-refractivity contribution in [3.05, 3.63) is 41.7 Å². The number of para-hydroxylation sites is 1. The normalized spacial score (nSPS) is 10.4. The van der Waals surface area contributed by atoms with Gasteiger partial charge in [0.2, 0.25) is 0 Å². The summed E-state index contributed by atoms with van der Waals surface area (Å²) in [6, 6.07) is 8.38. The van der Waals surface area contributed by atoms with Crippen molar-refractivity contribution in [2.24, 2.45) is 0 Å². The number of rotatable bonds is 5. The second kappa shape index (κ2) is 6.37. The molecule has 0 amide bonds. The minimum absolute atomic E-state index is 0.855. The molecule has 0 aliphatic carbocycles. The van der Waals surface area contributed by atoms with E-state index in [4.69, 9.17) is 0 Å². The van der Waals surface area contributed by atoms with Gasteiger partial charge in [0, 0.05) is 24.3 Å². The molecule has 4 nitrogen and oxygen atoms in total. The second-order valence-corrected chi connectivity index (χ2v) is 4.73. The van der Waals surface area contributed by atoms with Gasteiger partial charge in [0.1, 0.15) is 18.0 Å². The molecule has 106 valence electrons. The molecule has 0 radical (unpaired) electrons. The second-order valence-electron chi connectivity index (χ2n) is 4.73. The number of aromatic nitrogens is 2. The van der Waals surface area contributed by atoms with Crippen LogP contribution >= 0.6 is 0 Å². The van der Waals surface area contributed by atoms with E-state index in [1.165, 1.54) is 11.3 Å². The standard InChI is InChI=1S/C16H22N4/c1-5-17-15-13(4)16(19-11-18-15)20(6-2)14-10-8-7-9-12(14)3/h7-11H,5-6H2,1-4H3,(H,17,18,19). The Balaban J connectivity index is 2.48. The summed E-state index contributed by atoms with van der Waals surface area (Å²) in [5, 5.41) is 3.28. The van der Waals surface area contributed by atoms with Crippen LogP contribution in [0.4, 0.5) is 17.3 Å². The lowest BCUT2D eigenvalue weighted by Gasteiger charge is -2.26. The fraction of sp³-hybridized carbons (Fsp3) is 0.375. The van der Waals surface area contributed by atoms with E-state index in [1.807, 2.05) is 0 Å². The number of anilines is 3. The molecule has 0 bridgehead atoms. The molecule has 20 heavy (non-hydrogen) atoms. The highest BCUT2D eigenvalue weighted by molar-refractivity contribution is 5.69. The Bertz CT molecular complexity index is 580. The van der Waals surface area contributed by atoms with Crippen LogP contribution in [0.2, 0.25) is 0 Å². The number of hydrogen-bond acceptors (Lipinski definition) is 4. The third-order valence-electron chi connectivity index (χ3n) is 3.38. The highest BCUT2D eigenvalue weighted by Crippen LogP contribution is 2.30. The van der Waals surface area contributed by atoms with Crippen molar-refractivity contribution < 1.29 is 0 Å². The number of nitrogens with one attached hydrogen (secondary N) is 1. The molecule has 1 aromatic heterocycles. The van der Waals surface area contributed by atoms with Crippen molar-refractivity contribution in [2.45, 2.75) is 27.7 Å². The first-order chi connectivity index (χ1) is 9.69. The Hall–Kier alpha value is -2.10. The zero-order valence-electron chi connectivity index (χ0n) is 12.6. The SMILES string of the molecule is CCNc1ncnc(N(CC)c2ccccc2C)c1C. The van der Waals surface area contributed by atoms with Crippen LogP contribution in [0.25, 0.3) is 0 Å². The first-order valence-corrected chi connectivity index (χ1v) is 7.07. The zero-order chi connectivity index (χ0) is 14.5. The van der Waals surface area contributed by atoms with E-state index in [0.717, 1.165) is 30.3 Å². The van der Waals surface area contributed by atoms with Gasteiger partial charge in [0.05, 0.1) is 0 Å². The summed E-state index contributed by atoms with van der Waals surface area (Å²) in [5.41, 5.74) is 3.52. The van der Waals surface area contributed by atoms with E-state index in [1.54, 1.807) is 6.33 Å². The van der Waals surface area contributed by atoms with Gasteiger partial charge in [0.25, 0.3) is 0 Å². The molecule has 0 aliphatic rings. The van der Waals surface area contributed by atoms with E-state index >= 15 is 0 Å². The molecule has 0 spiro atoms. The maximum absolute atomic E-state index is 4.48. The molecule has 0 atom stereocenters. The topological polar surface area (TPSA) is 41.1 Å². The summed E-state index contributed by atoms with van der Waals surface area (Å²) >= 11 is 0. The summed E-state index contributed by atoms with van der Waals surface area (Å²) in [7, 11) is 0. The number of aryl methyl sites for hydroxylation is 1. The van der Waals surface area contributed by atoms with Crippen molar-refractivity contribution in [2.75, 3.05) is 23.3 Å². The summed E-state index contributed by atoms with van der Waals surface area (Å²) in [6.07, 6.45) is 1.63. The minimum Gasteiger partial charge on any atom is -0.370 e. The molecule has 2 aromatic rings. The average molecular weight is 270 g/mol. The quantitative estimate of drug-likeness (QED) is 0.899. The van der Waals surface area contributed by atoms with Crippen molar-refractivity contribution in [1.82, 2.24) is 9.97 Å². The molecule has 0 fully saturated rings. The summed E-state index contributed by atoms with van der Waals surface area (Å²) < 4.78 is 0. The number of nitrogens with zero attached hydrogens (tertiary/aromatic N) is 3. The van der Waals surface area contributed by atoms with Gasteiger partial charge in [-0.25, -0.2) is 9.97 Å². The first kappa shape index (κ1) is 14.3. The fourth-order valence-corrected chi connectivity index (χ4v) is 2.36. The van der Waals surface area contributed by atoms with Crippen molar-refractivity contribution in [1.29, 1.82) is 0 Å². The summed E-state index contributed by atoms with van der Waals surface area (Å²) in [4.78, 5) is 11.0. The molecular weight excluding hydrogens is 248 g/mol. The molecule has 1 aromatic carbocycles. The molecule has 0 unspecified atom stereocenters. The van der Waals surface area contributed by atoms with Gasteiger partial charge in [0.15, 0.2) is 0 Å². The van der Waals surface area contributed by atoms with Crippen molar-refractivity contribution in [3.8, 4) is 0 Å². The highest BCUT2D eigenvalue weighted by Gasteiger charge is 2.15. The Morgan fingerprint density at radius 3 is 2.50 bits per heavy atom.